The van der Waals surface area contributed by atoms with Gasteiger partial charge in [-0.15, -0.1) is 0 Å². The molecule has 0 N–H and O–H groups in total. The summed E-state index contributed by atoms with van der Waals surface area (Å²) in [5, 5.41) is 0. The molecule has 0 aromatic carbocycles. The van der Waals surface area contributed by atoms with Crippen LogP contribution in [0.2, 0.25) is 0 Å². The fourth-order valence-corrected chi connectivity index (χ4v) is 0.776. The lowest BCUT2D eigenvalue weighted by atomic mass is 10.4. The molecule has 4 nitrogen and oxygen atoms in total. The molecule has 0 saturated heterocycles. The molecule has 4 heteroatoms. The van der Waals surface area contributed by atoms with E-state index in [2.05, 4.69) is 6.58 Å². The molecule has 0 radical (unpaired) electrons. The highest BCUT2D eigenvalue weighted by Crippen LogP contribution is 1.92. The molecule has 0 amide bonds. The van der Waals surface area contributed by atoms with Crippen LogP contribution in [0.3, 0.4) is 0 Å². The number of hydrogen-bond acceptors (Lipinski definition) is 4. The van der Waals surface area contributed by atoms with Gasteiger partial charge in [-0.25, -0.2) is 4.79 Å². The number of carbonyl (C=O) groups is 1. The summed E-state index contributed by atoms with van der Waals surface area (Å²) in [4.78, 5) is 13.0. The standard InChI is InChI=1S/C10H19NO3/c1-9(2)10(12)14-8-6-11(3)5-7-13-4/h1,5-8H2,2-4H3. The largest absolute Gasteiger partial charge is 0.461 e. The maximum absolute atomic E-state index is 11.0. The van der Waals surface area contributed by atoms with Crippen LogP contribution in [0.25, 0.3) is 0 Å². The van der Waals surface area contributed by atoms with Crippen LogP contribution in [0.15, 0.2) is 12.2 Å². The maximum Gasteiger partial charge on any atom is 0.333 e. The first-order valence-electron chi connectivity index (χ1n) is 4.58. The number of carbonyl (C=O) groups excluding carboxylic acids is 1. The van der Waals surface area contributed by atoms with Gasteiger partial charge in [0, 0.05) is 25.8 Å². The molecule has 0 bridgehead atoms. The Kier molecular flexibility index (Phi) is 7.06. The lowest BCUT2D eigenvalue weighted by Gasteiger charge is -2.15. The number of rotatable bonds is 7. The topological polar surface area (TPSA) is 38.8 Å². The molecule has 0 aliphatic heterocycles. The zero-order valence-corrected chi connectivity index (χ0v) is 9.21. The summed E-state index contributed by atoms with van der Waals surface area (Å²) in [6.07, 6.45) is 0. The Labute approximate surface area is 85.5 Å². The molecule has 0 aliphatic carbocycles. The zero-order valence-electron chi connectivity index (χ0n) is 9.21. The Morgan fingerprint density at radius 1 is 1.36 bits per heavy atom. The van der Waals surface area contributed by atoms with Crippen molar-refractivity contribution in [3.63, 3.8) is 0 Å². The van der Waals surface area contributed by atoms with Crippen molar-refractivity contribution in [1.29, 1.82) is 0 Å². The van der Waals surface area contributed by atoms with Crippen molar-refractivity contribution in [3.05, 3.63) is 12.2 Å². The van der Waals surface area contributed by atoms with Crippen LogP contribution in [0.5, 0.6) is 0 Å². The number of nitrogens with zero attached hydrogens (tertiary/aromatic N) is 1. The van der Waals surface area contributed by atoms with Gasteiger partial charge in [0.05, 0.1) is 6.61 Å². The first kappa shape index (κ1) is 13.1. The van der Waals surface area contributed by atoms with Crippen molar-refractivity contribution in [1.82, 2.24) is 4.90 Å². The second kappa shape index (κ2) is 7.53. The molecule has 0 rings (SSSR count). The van der Waals surface area contributed by atoms with Gasteiger partial charge >= 0.3 is 5.97 Å². The fraction of sp³-hybridized carbons (Fsp3) is 0.700. The zero-order chi connectivity index (χ0) is 11.0. The molecule has 0 aliphatic rings. The molecule has 0 spiro atoms. The van der Waals surface area contributed by atoms with Crippen LogP contribution in [-0.2, 0) is 14.3 Å². The van der Waals surface area contributed by atoms with Crippen molar-refractivity contribution in [2.75, 3.05) is 40.5 Å². The summed E-state index contributed by atoms with van der Waals surface area (Å²) in [5.41, 5.74) is 0.435. The summed E-state index contributed by atoms with van der Waals surface area (Å²) >= 11 is 0. The molecule has 0 atom stereocenters. The van der Waals surface area contributed by atoms with Crippen LogP contribution in [0.4, 0.5) is 0 Å². The molecule has 0 fully saturated rings. The van der Waals surface area contributed by atoms with Gasteiger partial charge in [0.1, 0.15) is 6.61 Å². The number of ether oxygens (including phenoxy) is 2. The second-order valence-corrected chi connectivity index (χ2v) is 3.21. The number of likely N-dealkylation sites (N-methyl/N-ethyl adjacent to an activating group) is 1. The van der Waals surface area contributed by atoms with E-state index in [9.17, 15) is 4.79 Å². The van der Waals surface area contributed by atoms with Gasteiger partial charge in [0.15, 0.2) is 0 Å². The molecular weight excluding hydrogens is 182 g/mol. The van der Waals surface area contributed by atoms with Gasteiger partial charge in [-0.05, 0) is 14.0 Å². The Balaban J connectivity index is 3.44. The summed E-state index contributed by atoms with van der Waals surface area (Å²) < 4.78 is 9.85. The first-order valence-corrected chi connectivity index (χ1v) is 4.58. The van der Waals surface area contributed by atoms with Crippen LogP contribution in [-0.4, -0.2) is 51.3 Å². The molecule has 82 valence electrons. The third-order valence-corrected chi connectivity index (χ3v) is 1.73. The number of esters is 1. The van der Waals surface area contributed by atoms with Crippen molar-refractivity contribution in [3.8, 4) is 0 Å². The summed E-state index contributed by atoms with van der Waals surface area (Å²) in [5.74, 6) is -0.329. The lowest BCUT2D eigenvalue weighted by molar-refractivity contribution is -0.139. The van der Waals surface area contributed by atoms with Gasteiger partial charge in [-0.3, -0.25) is 0 Å². The normalized spacial score (nSPS) is 10.3. The molecule has 0 heterocycles. The summed E-state index contributed by atoms with van der Waals surface area (Å²) in [7, 11) is 3.61. The smallest absolute Gasteiger partial charge is 0.333 e. The average molecular weight is 201 g/mol. The van der Waals surface area contributed by atoms with Gasteiger partial charge in [0.2, 0.25) is 0 Å². The Morgan fingerprint density at radius 2 is 1.93 bits per heavy atom. The van der Waals surface area contributed by atoms with Gasteiger partial charge in [-0.2, -0.15) is 0 Å². The summed E-state index contributed by atoms with van der Waals surface area (Å²) in [6, 6.07) is 0. The van der Waals surface area contributed by atoms with Crippen LogP contribution < -0.4 is 0 Å². The minimum Gasteiger partial charge on any atom is -0.461 e. The first-order chi connectivity index (χ1) is 6.57. The predicted octanol–water partition coefficient (Wildman–Crippen LogP) is 0.684. The molecule has 0 aromatic rings. The number of methoxy groups -OCH3 is 1. The minimum atomic E-state index is -0.329. The van der Waals surface area contributed by atoms with E-state index in [1.807, 2.05) is 11.9 Å². The van der Waals surface area contributed by atoms with Crippen molar-refractivity contribution in [2.45, 2.75) is 6.92 Å². The fourth-order valence-electron chi connectivity index (χ4n) is 0.776. The van der Waals surface area contributed by atoms with E-state index < -0.39 is 0 Å². The highest BCUT2D eigenvalue weighted by Gasteiger charge is 2.03. The lowest BCUT2D eigenvalue weighted by Crippen LogP contribution is -2.27. The van der Waals surface area contributed by atoms with Crippen molar-refractivity contribution in [2.24, 2.45) is 0 Å². The third-order valence-electron chi connectivity index (χ3n) is 1.73. The Hall–Kier alpha value is -0.870. The SMILES string of the molecule is C=C(C)C(=O)OCCN(C)CCOC. The van der Waals surface area contributed by atoms with E-state index in [1.165, 1.54) is 0 Å². The monoisotopic (exact) mass is 201 g/mol. The predicted molar refractivity (Wildman–Crippen MR) is 55.1 cm³/mol. The highest BCUT2D eigenvalue weighted by molar-refractivity contribution is 5.86. The van der Waals surface area contributed by atoms with Crippen LogP contribution in [0.1, 0.15) is 6.92 Å². The van der Waals surface area contributed by atoms with Gasteiger partial charge < -0.3 is 14.4 Å². The van der Waals surface area contributed by atoms with E-state index in [4.69, 9.17) is 9.47 Å². The quantitative estimate of drug-likeness (QED) is 0.448. The van der Waals surface area contributed by atoms with Gasteiger partial charge in [0.25, 0.3) is 0 Å². The van der Waals surface area contributed by atoms with Crippen molar-refractivity contribution >= 4 is 5.97 Å². The second-order valence-electron chi connectivity index (χ2n) is 3.21. The van der Waals surface area contributed by atoms with Crippen molar-refractivity contribution < 1.29 is 14.3 Å². The molecule has 0 unspecified atom stereocenters. The third kappa shape index (κ3) is 6.62. The van der Waals surface area contributed by atoms with E-state index in [0.717, 1.165) is 6.54 Å². The molecule has 14 heavy (non-hydrogen) atoms. The van der Waals surface area contributed by atoms with Crippen LogP contribution in [0, 0.1) is 0 Å². The highest BCUT2D eigenvalue weighted by atomic mass is 16.5. The maximum atomic E-state index is 11.0. The molecule has 0 aromatic heterocycles. The molecular formula is C10H19NO3. The summed E-state index contributed by atoms with van der Waals surface area (Å²) in [6.45, 7) is 7.76. The Morgan fingerprint density at radius 3 is 2.43 bits per heavy atom. The van der Waals surface area contributed by atoms with E-state index in [1.54, 1.807) is 14.0 Å². The van der Waals surface area contributed by atoms with E-state index in [-0.39, 0.29) is 5.97 Å². The molecule has 0 saturated carbocycles. The van der Waals surface area contributed by atoms with Crippen LogP contribution >= 0.6 is 0 Å². The van der Waals surface area contributed by atoms with E-state index >= 15 is 0 Å². The Bertz CT molecular complexity index is 192. The number of hydrogen-bond donors (Lipinski definition) is 0. The average Bonchev–Trinajstić information content (AvgIpc) is 2.14. The van der Waals surface area contributed by atoms with E-state index in [0.29, 0.717) is 25.3 Å². The van der Waals surface area contributed by atoms with Gasteiger partial charge in [-0.1, -0.05) is 6.58 Å². The minimum absolute atomic E-state index is 0.329.